The Labute approximate surface area is 148 Å². The van der Waals surface area contributed by atoms with Crippen molar-refractivity contribution in [1.29, 1.82) is 0 Å². The van der Waals surface area contributed by atoms with Crippen LogP contribution in [0.15, 0.2) is 24.3 Å². The van der Waals surface area contributed by atoms with Crippen molar-refractivity contribution < 1.29 is 19.3 Å². The van der Waals surface area contributed by atoms with Crippen LogP contribution in [0.1, 0.15) is 18.4 Å². The van der Waals surface area contributed by atoms with E-state index in [9.17, 15) is 4.79 Å². The fraction of sp³-hybridized carbons (Fsp3) is 0.611. The lowest BCUT2D eigenvalue weighted by atomic mass is 10.2. The molecule has 2 heterocycles. The van der Waals surface area contributed by atoms with Crippen LogP contribution >= 0.6 is 11.6 Å². The number of carbonyl (C=O) groups is 1. The first-order chi connectivity index (χ1) is 11.7. The summed E-state index contributed by atoms with van der Waals surface area (Å²) >= 11 is 6.05. The van der Waals surface area contributed by atoms with Gasteiger partial charge in [0.2, 0.25) is 0 Å². The summed E-state index contributed by atoms with van der Waals surface area (Å²) in [4.78, 5) is 15.0. The average molecular weight is 354 g/mol. The van der Waals surface area contributed by atoms with Gasteiger partial charge >= 0.3 is 0 Å². The van der Waals surface area contributed by atoms with Crippen LogP contribution in [0.4, 0.5) is 0 Å². The fourth-order valence-electron chi connectivity index (χ4n) is 3.57. The highest BCUT2D eigenvalue weighted by Gasteiger charge is 2.25. The van der Waals surface area contributed by atoms with Crippen LogP contribution in [0.3, 0.4) is 0 Å². The molecule has 6 heteroatoms. The highest BCUT2D eigenvalue weighted by molar-refractivity contribution is 6.30. The lowest BCUT2D eigenvalue weighted by molar-refractivity contribution is -1.02. The van der Waals surface area contributed by atoms with Gasteiger partial charge < -0.3 is 19.9 Å². The van der Waals surface area contributed by atoms with Crippen LogP contribution in [0.25, 0.3) is 0 Å². The number of carbonyl (C=O) groups excluding carboxylic acids is 1. The van der Waals surface area contributed by atoms with Crippen molar-refractivity contribution in [2.24, 2.45) is 0 Å². The van der Waals surface area contributed by atoms with E-state index in [0.29, 0.717) is 13.1 Å². The highest BCUT2D eigenvalue weighted by atomic mass is 35.5. The monoisotopic (exact) mass is 353 g/mol. The number of hydrogen-bond donors (Lipinski definition) is 3. The van der Waals surface area contributed by atoms with Gasteiger partial charge in [-0.25, -0.2) is 0 Å². The molecule has 0 bridgehead atoms. The molecule has 0 aliphatic carbocycles. The first kappa shape index (κ1) is 17.7. The van der Waals surface area contributed by atoms with E-state index in [-0.39, 0.29) is 12.0 Å². The number of nitrogens with one attached hydrogen (secondary N) is 3. The predicted molar refractivity (Wildman–Crippen MR) is 93.4 cm³/mol. The van der Waals surface area contributed by atoms with E-state index in [1.807, 2.05) is 18.2 Å². The number of benzene rings is 1. The van der Waals surface area contributed by atoms with Crippen LogP contribution in [-0.2, 0) is 16.1 Å². The summed E-state index contributed by atoms with van der Waals surface area (Å²) in [6.07, 6.45) is 2.41. The van der Waals surface area contributed by atoms with Gasteiger partial charge in [0.15, 0.2) is 6.54 Å². The van der Waals surface area contributed by atoms with Gasteiger partial charge in [0.1, 0.15) is 32.7 Å². The molecule has 2 aliphatic heterocycles. The topological polar surface area (TPSA) is 47.2 Å². The van der Waals surface area contributed by atoms with Gasteiger partial charge in [-0.1, -0.05) is 23.7 Å². The average Bonchev–Trinajstić information content (AvgIpc) is 3.08. The molecule has 3 N–H and O–H groups in total. The van der Waals surface area contributed by atoms with E-state index in [1.54, 1.807) is 4.90 Å². The second kappa shape index (κ2) is 8.81. The molecule has 132 valence electrons. The maximum atomic E-state index is 12.1. The summed E-state index contributed by atoms with van der Waals surface area (Å²) < 4.78 is 5.54. The molecule has 1 aromatic rings. The van der Waals surface area contributed by atoms with Crippen molar-refractivity contribution in [3.63, 3.8) is 0 Å². The molecular weight excluding hydrogens is 326 g/mol. The third-order valence-electron chi connectivity index (χ3n) is 4.97. The number of amides is 1. The van der Waals surface area contributed by atoms with Crippen molar-refractivity contribution >= 4 is 17.5 Å². The molecule has 0 unspecified atom stereocenters. The van der Waals surface area contributed by atoms with Crippen molar-refractivity contribution in [1.82, 2.24) is 5.32 Å². The number of ether oxygens (including phenoxy) is 1. The zero-order valence-corrected chi connectivity index (χ0v) is 14.9. The van der Waals surface area contributed by atoms with Crippen LogP contribution < -0.4 is 15.1 Å². The van der Waals surface area contributed by atoms with Gasteiger partial charge in [0.05, 0.1) is 6.10 Å². The van der Waals surface area contributed by atoms with Crippen molar-refractivity contribution in [2.45, 2.75) is 25.5 Å². The molecule has 0 saturated carbocycles. The third kappa shape index (κ3) is 5.45. The van der Waals surface area contributed by atoms with Crippen molar-refractivity contribution in [3.8, 4) is 0 Å². The molecule has 3 rings (SSSR count). The fourth-order valence-corrected chi connectivity index (χ4v) is 3.78. The van der Waals surface area contributed by atoms with Gasteiger partial charge in [0, 0.05) is 23.7 Å². The predicted octanol–water partition coefficient (Wildman–Crippen LogP) is -1.08. The maximum Gasteiger partial charge on any atom is 0.275 e. The standard InChI is InChI=1S/C18H26ClN3O2/c19-16-4-1-3-15(11-16)13-21-6-8-22(9-7-21)14-18(23)20-12-17-5-2-10-24-17/h1,3-4,11,17H,2,5-10,12-14H2,(H,20,23)/p+2/t17-/m0/s1. The van der Waals surface area contributed by atoms with E-state index >= 15 is 0 Å². The van der Waals surface area contributed by atoms with Crippen LogP contribution in [-0.4, -0.2) is 57.9 Å². The molecule has 0 spiro atoms. The molecular formula is C18H28ClN3O2+2. The molecule has 0 aromatic heterocycles. The van der Waals surface area contributed by atoms with E-state index in [4.69, 9.17) is 16.3 Å². The molecule has 2 saturated heterocycles. The number of quaternary nitrogens is 2. The minimum atomic E-state index is 0.152. The number of piperazine rings is 1. The first-order valence-corrected chi connectivity index (χ1v) is 9.37. The minimum Gasteiger partial charge on any atom is -0.376 e. The Bertz CT molecular complexity index is 541. The van der Waals surface area contributed by atoms with E-state index in [2.05, 4.69) is 11.4 Å². The lowest BCUT2D eigenvalue weighted by Crippen LogP contribution is -3.28. The van der Waals surface area contributed by atoms with Gasteiger partial charge in [-0.2, -0.15) is 0 Å². The molecule has 1 amide bonds. The summed E-state index contributed by atoms with van der Waals surface area (Å²) in [6, 6.07) is 8.11. The van der Waals surface area contributed by atoms with E-state index < -0.39 is 0 Å². The van der Waals surface area contributed by atoms with E-state index in [0.717, 1.165) is 57.2 Å². The molecule has 2 aliphatic rings. The van der Waals surface area contributed by atoms with Gasteiger partial charge in [0.25, 0.3) is 5.91 Å². The smallest absolute Gasteiger partial charge is 0.275 e. The molecule has 5 nitrogen and oxygen atoms in total. The molecule has 0 radical (unpaired) electrons. The normalized spacial score (nSPS) is 27.1. The highest BCUT2D eigenvalue weighted by Crippen LogP contribution is 2.10. The molecule has 2 fully saturated rings. The summed E-state index contributed by atoms with van der Waals surface area (Å²) in [7, 11) is 0. The van der Waals surface area contributed by atoms with Gasteiger partial charge in [-0.05, 0) is 25.0 Å². The van der Waals surface area contributed by atoms with Crippen LogP contribution in [0.2, 0.25) is 5.02 Å². The Balaban J connectivity index is 1.34. The zero-order chi connectivity index (χ0) is 16.8. The Kier molecular flexibility index (Phi) is 6.49. The number of halogens is 1. The summed E-state index contributed by atoms with van der Waals surface area (Å²) in [5, 5.41) is 3.83. The maximum absolute atomic E-state index is 12.1. The Morgan fingerprint density at radius 1 is 1.25 bits per heavy atom. The van der Waals surface area contributed by atoms with Crippen LogP contribution in [0.5, 0.6) is 0 Å². The summed E-state index contributed by atoms with van der Waals surface area (Å²) in [6.45, 7) is 7.38. The summed E-state index contributed by atoms with van der Waals surface area (Å²) in [5.41, 5.74) is 1.29. The number of hydrogen-bond acceptors (Lipinski definition) is 2. The second-order valence-electron chi connectivity index (χ2n) is 6.92. The molecule has 1 atom stereocenters. The van der Waals surface area contributed by atoms with Crippen molar-refractivity contribution in [2.75, 3.05) is 45.9 Å². The lowest BCUT2D eigenvalue weighted by Gasteiger charge is -2.29. The Morgan fingerprint density at radius 3 is 2.75 bits per heavy atom. The van der Waals surface area contributed by atoms with E-state index in [1.165, 1.54) is 10.5 Å². The van der Waals surface area contributed by atoms with Crippen molar-refractivity contribution in [3.05, 3.63) is 34.9 Å². The minimum absolute atomic E-state index is 0.152. The third-order valence-corrected chi connectivity index (χ3v) is 5.20. The summed E-state index contributed by atoms with van der Waals surface area (Å²) in [5.74, 6) is 0.152. The second-order valence-corrected chi connectivity index (χ2v) is 7.36. The SMILES string of the molecule is O=C(C[NH+]1CC[NH+](Cc2cccc(Cl)c2)CC1)NC[C@@H]1CCCO1. The molecule has 1 aromatic carbocycles. The van der Waals surface area contributed by atoms with Crippen LogP contribution in [0, 0.1) is 0 Å². The largest absolute Gasteiger partial charge is 0.376 e. The zero-order valence-electron chi connectivity index (χ0n) is 14.2. The quantitative estimate of drug-likeness (QED) is 0.609. The number of rotatable bonds is 6. The first-order valence-electron chi connectivity index (χ1n) is 8.99. The molecule has 24 heavy (non-hydrogen) atoms. The Morgan fingerprint density at radius 2 is 2.04 bits per heavy atom. The Hall–Kier alpha value is -1.14. The van der Waals surface area contributed by atoms with Gasteiger partial charge in [-0.15, -0.1) is 0 Å². The van der Waals surface area contributed by atoms with Gasteiger partial charge in [-0.3, -0.25) is 4.79 Å².